The lowest BCUT2D eigenvalue weighted by atomic mass is 10.1. The van der Waals surface area contributed by atoms with Crippen LogP contribution in [-0.2, 0) is 13.7 Å². The quantitative estimate of drug-likeness (QED) is 0.239. The molecule has 2 heterocycles. The van der Waals surface area contributed by atoms with Crippen LogP contribution in [0.3, 0.4) is 0 Å². The largest absolute Gasteiger partial charge is 0.316 e. The van der Waals surface area contributed by atoms with Crippen LogP contribution in [0.1, 0.15) is 23.2 Å². The number of fused-ring (bicyclic) bond motifs is 1. The van der Waals surface area contributed by atoms with Crippen molar-refractivity contribution in [2.75, 3.05) is 17.3 Å². The Kier molecular flexibility index (Phi) is 6.10. The number of benzene rings is 2. The van der Waals surface area contributed by atoms with E-state index in [0.717, 1.165) is 29.7 Å². The van der Waals surface area contributed by atoms with E-state index in [1.807, 2.05) is 30.3 Å². The summed E-state index contributed by atoms with van der Waals surface area (Å²) in [5.74, 6) is 0.804. The standard InChI is InChI=1S/C20H18ClNO6S3/c21-20-17(22(24)25)12-19(29-20)31(26,27)28-30(9-3-4-10-30)13-18(23)16-8-7-14-5-1-2-6-15(14)11-16/h1-2,5-8,11-12H,3-4,9-10,13H2. The number of thiophene rings is 1. The Hall–Kier alpha value is -1.98. The molecule has 1 saturated heterocycles. The number of nitro groups is 1. The van der Waals surface area contributed by atoms with Crippen LogP contribution in [0.4, 0.5) is 5.69 Å². The summed E-state index contributed by atoms with van der Waals surface area (Å²) in [4.78, 5) is 23.3. The Morgan fingerprint density at radius 1 is 1.13 bits per heavy atom. The molecule has 0 bridgehead atoms. The Bertz CT molecular complexity index is 1280. The van der Waals surface area contributed by atoms with Gasteiger partial charge in [0.05, 0.1) is 10.7 Å². The monoisotopic (exact) mass is 499 g/mol. The van der Waals surface area contributed by atoms with Gasteiger partial charge < -0.3 is 0 Å². The number of halogens is 1. The molecule has 164 valence electrons. The van der Waals surface area contributed by atoms with Gasteiger partial charge in [-0.05, 0) is 29.7 Å². The van der Waals surface area contributed by atoms with E-state index in [1.165, 1.54) is 0 Å². The fourth-order valence-electron chi connectivity index (χ4n) is 3.56. The van der Waals surface area contributed by atoms with E-state index in [9.17, 15) is 23.3 Å². The van der Waals surface area contributed by atoms with Gasteiger partial charge in [0.15, 0.2) is 14.3 Å². The lowest BCUT2D eigenvalue weighted by Crippen LogP contribution is -2.21. The van der Waals surface area contributed by atoms with Gasteiger partial charge in [-0.25, -0.2) is 3.63 Å². The summed E-state index contributed by atoms with van der Waals surface area (Å²) in [6.07, 6.45) is 1.53. The molecule has 1 aliphatic heterocycles. The third kappa shape index (κ3) is 4.63. The van der Waals surface area contributed by atoms with Crippen molar-refractivity contribution in [1.29, 1.82) is 0 Å². The highest BCUT2D eigenvalue weighted by Crippen LogP contribution is 2.57. The molecule has 7 nitrogen and oxygen atoms in total. The summed E-state index contributed by atoms with van der Waals surface area (Å²) in [7, 11) is -6.52. The van der Waals surface area contributed by atoms with Gasteiger partial charge in [-0.1, -0.05) is 48.0 Å². The van der Waals surface area contributed by atoms with Gasteiger partial charge in [0.2, 0.25) is 0 Å². The molecule has 0 radical (unpaired) electrons. The van der Waals surface area contributed by atoms with E-state index in [4.69, 9.17) is 15.2 Å². The summed E-state index contributed by atoms with van der Waals surface area (Å²) in [5.41, 5.74) is 0.0323. The predicted molar refractivity (Wildman–Crippen MR) is 124 cm³/mol. The summed E-state index contributed by atoms with van der Waals surface area (Å²) in [6.45, 7) is 0. The highest BCUT2D eigenvalue weighted by molar-refractivity contribution is 8.33. The van der Waals surface area contributed by atoms with E-state index >= 15 is 0 Å². The molecule has 3 aromatic rings. The number of nitrogens with zero attached hydrogens (tertiary/aromatic N) is 1. The average Bonchev–Trinajstić information content (AvgIpc) is 3.34. The van der Waals surface area contributed by atoms with E-state index in [1.54, 1.807) is 12.1 Å². The second-order valence-corrected chi connectivity index (χ2v) is 14.1. The normalized spacial score (nSPS) is 16.9. The summed E-state index contributed by atoms with van der Waals surface area (Å²) in [5, 5.41) is 13.0. The van der Waals surface area contributed by atoms with Crippen molar-refractivity contribution >= 4 is 65.6 Å². The minimum absolute atomic E-state index is 0.00816. The minimum atomic E-state index is -4.29. The Balaban J connectivity index is 1.60. The van der Waals surface area contributed by atoms with Crippen molar-refractivity contribution in [2.24, 2.45) is 0 Å². The minimum Gasteiger partial charge on any atom is -0.293 e. The molecule has 0 saturated carbocycles. The van der Waals surface area contributed by atoms with Gasteiger partial charge in [-0.2, -0.15) is 8.42 Å². The van der Waals surface area contributed by atoms with Crippen LogP contribution in [0.15, 0.2) is 52.7 Å². The van der Waals surface area contributed by atoms with Crippen molar-refractivity contribution in [3.05, 3.63) is 68.5 Å². The maximum absolute atomic E-state index is 13.1. The van der Waals surface area contributed by atoms with Crippen LogP contribution in [0.5, 0.6) is 0 Å². The van der Waals surface area contributed by atoms with E-state index in [-0.39, 0.29) is 20.1 Å². The first-order valence-corrected chi connectivity index (χ1v) is 14.0. The summed E-state index contributed by atoms with van der Waals surface area (Å²) >= 11 is 6.41. The number of Topliss-reactive ketones (excluding diaryl/α,β-unsaturated/α-hetero) is 1. The predicted octanol–water partition coefficient (Wildman–Crippen LogP) is 5.56. The first-order valence-electron chi connectivity index (χ1n) is 9.37. The molecule has 0 amide bonds. The van der Waals surface area contributed by atoms with Gasteiger partial charge in [0, 0.05) is 23.1 Å². The smallest absolute Gasteiger partial charge is 0.293 e. The van der Waals surface area contributed by atoms with Gasteiger partial charge in [-0.3, -0.25) is 14.9 Å². The van der Waals surface area contributed by atoms with Crippen LogP contribution < -0.4 is 0 Å². The molecule has 1 aromatic heterocycles. The van der Waals surface area contributed by atoms with Crippen molar-refractivity contribution in [3.8, 4) is 0 Å². The van der Waals surface area contributed by atoms with Crippen LogP contribution in [0.25, 0.3) is 10.8 Å². The van der Waals surface area contributed by atoms with Crippen molar-refractivity contribution in [3.63, 3.8) is 0 Å². The third-order valence-electron chi connectivity index (χ3n) is 5.07. The first kappa shape index (κ1) is 22.2. The molecule has 31 heavy (non-hydrogen) atoms. The lowest BCUT2D eigenvalue weighted by molar-refractivity contribution is -0.384. The van der Waals surface area contributed by atoms with Gasteiger partial charge >= 0.3 is 10.1 Å². The molecule has 1 aliphatic rings. The maximum atomic E-state index is 13.1. The average molecular weight is 500 g/mol. The highest BCUT2D eigenvalue weighted by atomic mass is 35.5. The van der Waals surface area contributed by atoms with Crippen LogP contribution in [0, 0.1) is 10.1 Å². The second kappa shape index (κ2) is 8.51. The summed E-state index contributed by atoms with van der Waals surface area (Å²) in [6, 6.07) is 14.0. The van der Waals surface area contributed by atoms with Crippen molar-refractivity contribution in [1.82, 2.24) is 0 Å². The molecule has 0 N–H and O–H groups in total. The number of carbonyl (C=O) groups excluding carboxylic acids is 1. The topological polar surface area (TPSA) is 104 Å². The second-order valence-electron chi connectivity index (χ2n) is 7.21. The van der Waals surface area contributed by atoms with E-state index < -0.39 is 31.0 Å². The van der Waals surface area contributed by atoms with Gasteiger partial charge in [-0.15, -0.1) is 21.6 Å². The molecular weight excluding hydrogens is 482 g/mol. The van der Waals surface area contributed by atoms with Crippen LogP contribution >= 0.6 is 33.2 Å². The molecule has 1 fully saturated rings. The van der Waals surface area contributed by atoms with Crippen LogP contribution in [-0.4, -0.2) is 36.4 Å². The van der Waals surface area contributed by atoms with Crippen LogP contribution in [0.2, 0.25) is 4.34 Å². The number of rotatable bonds is 7. The zero-order valence-electron chi connectivity index (χ0n) is 16.2. The van der Waals surface area contributed by atoms with E-state index in [0.29, 0.717) is 28.4 Å². The molecule has 2 aromatic carbocycles. The maximum Gasteiger partial charge on any atom is 0.316 e. The number of carbonyl (C=O) groups is 1. The first-order chi connectivity index (χ1) is 14.7. The molecule has 0 spiro atoms. The molecule has 0 aliphatic carbocycles. The number of hydrogen-bond donors (Lipinski definition) is 0. The van der Waals surface area contributed by atoms with Crippen molar-refractivity contribution < 1.29 is 21.8 Å². The molecule has 11 heteroatoms. The number of ketones is 1. The Labute approximate surface area is 189 Å². The zero-order chi connectivity index (χ0) is 22.2. The third-order valence-corrected chi connectivity index (χ3v) is 12.4. The highest BCUT2D eigenvalue weighted by Gasteiger charge is 2.39. The van der Waals surface area contributed by atoms with E-state index in [2.05, 4.69) is 0 Å². The molecule has 0 atom stereocenters. The Morgan fingerprint density at radius 3 is 2.45 bits per heavy atom. The summed E-state index contributed by atoms with van der Waals surface area (Å²) < 4.78 is 30.9. The number of hydrogen-bond acceptors (Lipinski definition) is 7. The fourth-order valence-corrected chi connectivity index (χ4v) is 10.9. The SMILES string of the molecule is O=C(CS1(OS(=O)(=O)c2cc([N+](=O)[O-])c(Cl)s2)CCCC1)c1ccc2ccccc2c1. The van der Waals surface area contributed by atoms with Crippen molar-refractivity contribution in [2.45, 2.75) is 17.1 Å². The molecule has 4 rings (SSSR count). The van der Waals surface area contributed by atoms with Gasteiger partial charge in [0.25, 0.3) is 5.69 Å². The molecular formula is C20H18ClNO6S3. The Morgan fingerprint density at radius 2 is 1.81 bits per heavy atom. The zero-order valence-corrected chi connectivity index (χ0v) is 19.4. The lowest BCUT2D eigenvalue weighted by Gasteiger charge is -2.33. The molecule has 0 unspecified atom stereocenters. The fraction of sp³-hybridized carbons (Fsp3) is 0.250. The van der Waals surface area contributed by atoms with Gasteiger partial charge in [0.1, 0.15) is 0 Å².